The van der Waals surface area contributed by atoms with Crippen LogP contribution in [0, 0.1) is 0 Å². The average molecular weight is 271 g/mol. The first-order valence-electron chi connectivity index (χ1n) is 5.38. The van der Waals surface area contributed by atoms with Gasteiger partial charge in [0.2, 0.25) is 0 Å². The Bertz CT molecular complexity index is 678. The zero-order valence-corrected chi connectivity index (χ0v) is 10.6. The number of benzene rings is 1. The SMILES string of the molecule is O=S1(=O)CC[C@@H](n2cnc3cc(Cl)ccc32)C1. The Balaban J connectivity index is 2.07. The van der Waals surface area contributed by atoms with Gasteiger partial charge in [-0.1, -0.05) is 11.6 Å². The first-order valence-corrected chi connectivity index (χ1v) is 7.58. The molecule has 1 atom stereocenters. The summed E-state index contributed by atoms with van der Waals surface area (Å²) in [6, 6.07) is 5.48. The van der Waals surface area contributed by atoms with E-state index in [0.717, 1.165) is 11.0 Å². The molecule has 0 unspecified atom stereocenters. The molecule has 0 bridgehead atoms. The minimum absolute atomic E-state index is 0.00572. The molecule has 90 valence electrons. The van der Waals surface area contributed by atoms with E-state index in [1.54, 1.807) is 18.5 Å². The number of imidazole rings is 1. The van der Waals surface area contributed by atoms with Crippen molar-refractivity contribution in [1.82, 2.24) is 9.55 Å². The van der Waals surface area contributed by atoms with E-state index in [9.17, 15) is 8.42 Å². The number of hydrogen-bond donors (Lipinski definition) is 0. The smallest absolute Gasteiger partial charge is 0.152 e. The molecule has 6 heteroatoms. The minimum atomic E-state index is -2.87. The number of aromatic nitrogens is 2. The molecule has 4 nitrogen and oxygen atoms in total. The minimum Gasteiger partial charge on any atom is -0.326 e. The fourth-order valence-electron chi connectivity index (χ4n) is 2.29. The summed E-state index contributed by atoms with van der Waals surface area (Å²) < 4.78 is 24.9. The lowest BCUT2D eigenvalue weighted by molar-refractivity contribution is 0.568. The number of fused-ring (bicyclic) bond motifs is 1. The number of nitrogens with zero attached hydrogens (tertiary/aromatic N) is 2. The summed E-state index contributed by atoms with van der Waals surface area (Å²) in [5.41, 5.74) is 1.75. The van der Waals surface area contributed by atoms with E-state index in [2.05, 4.69) is 4.98 Å². The third-order valence-electron chi connectivity index (χ3n) is 3.14. The summed E-state index contributed by atoms with van der Waals surface area (Å²) in [5.74, 6) is 0.478. The zero-order chi connectivity index (χ0) is 12.0. The first kappa shape index (κ1) is 11.0. The van der Waals surface area contributed by atoms with Crippen molar-refractivity contribution in [2.45, 2.75) is 12.5 Å². The molecule has 0 saturated carbocycles. The van der Waals surface area contributed by atoms with E-state index < -0.39 is 9.84 Å². The Hall–Kier alpha value is -1.07. The molecule has 0 aliphatic carbocycles. The predicted molar refractivity (Wildman–Crippen MR) is 67.1 cm³/mol. The highest BCUT2D eigenvalue weighted by molar-refractivity contribution is 7.91. The highest BCUT2D eigenvalue weighted by Crippen LogP contribution is 2.28. The molecule has 3 rings (SSSR count). The molecule has 0 spiro atoms. The van der Waals surface area contributed by atoms with Crippen LogP contribution in [0.4, 0.5) is 0 Å². The van der Waals surface area contributed by atoms with Crippen LogP contribution in [0.25, 0.3) is 11.0 Å². The largest absolute Gasteiger partial charge is 0.326 e. The summed E-state index contributed by atoms with van der Waals surface area (Å²) >= 11 is 5.89. The van der Waals surface area contributed by atoms with Crippen LogP contribution >= 0.6 is 11.6 Å². The molecule has 1 saturated heterocycles. The summed E-state index contributed by atoms with van der Waals surface area (Å²) in [6.45, 7) is 0. The van der Waals surface area contributed by atoms with E-state index in [1.165, 1.54) is 0 Å². The topological polar surface area (TPSA) is 52.0 Å². The molecule has 0 N–H and O–H groups in total. The number of halogens is 1. The fourth-order valence-corrected chi connectivity index (χ4v) is 4.17. The highest BCUT2D eigenvalue weighted by Gasteiger charge is 2.29. The maximum atomic E-state index is 11.5. The molecule has 0 radical (unpaired) electrons. The molecule has 2 aromatic rings. The molecule has 1 aliphatic heterocycles. The summed E-state index contributed by atoms with van der Waals surface area (Å²) in [6.07, 6.45) is 2.36. The molecule has 1 fully saturated rings. The Morgan fingerprint density at radius 1 is 1.41 bits per heavy atom. The lowest BCUT2D eigenvalue weighted by atomic mass is 10.2. The third kappa shape index (κ3) is 1.93. The van der Waals surface area contributed by atoms with Crippen molar-refractivity contribution in [2.75, 3.05) is 11.5 Å². The molecule has 1 aliphatic rings. The molecular weight excluding hydrogens is 260 g/mol. The standard InChI is InChI=1S/C11H11ClN2O2S/c12-8-1-2-11-10(5-8)13-7-14(11)9-3-4-17(15,16)6-9/h1-2,5,7,9H,3-4,6H2/t9-/m1/s1. The monoisotopic (exact) mass is 270 g/mol. The van der Waals surface area contributed by atoms with Crippen LogP contribution in [0.3, 0.4) is 0 Å². The van der Waals surface area contributed by atoms with E-state index >= 15 is 0 Å². The van der Waals surface area contributed by atoms with Crippen LogP contribution in [0.5, 0.6) is 0 Å². The van der Waals surface area contributed by atoms with Gasteiger partial charge in [0, 0.05) is 5.02 Å². The summed E-state index contributed by atoms with van der Waals surface area (Å²) in [5, 5.41) is 0.641. The van der Waals surface area contributed by atoms with Gasteiger partial charge in [0.15, 0.2) is 9.84 Å². The first-order chi connectivity index (χ1) is 8.05. The van der Waals surface area contributed by atoms with E-state index in [4.69, 9.17) is 11.6 Å². The third-order valence-corrected chi connectivity index (χ3v) is 5.12. The quantitative estimate of drug-likeness (QED) is 0.797. The molecule has 2 heterocycles. The van der Waals surface area contributed by atoms with Crippen molar-refractivity contribution in [2.24, 2.45) is 0 Å². The van der Waals surface area contributed by atoms with Gasteiger partial charge < -0.3 is 4.57 Å². The maximum absolute atomic E-state index is 11.5. The van der Waals surface area contributed by atoms with Gasteiger partial charge in [-0.15, -0.1) is 0 Å². The second-order valence-electron chi connectivity index (χ2n) is 4.34. The number of sulfone groups is 1. The van der Waals surface area contributed by atoms with E-state index in [-0.39, 0.29) is 17.5 Å². The Kier molecular flexibility index (Phi) is 2.41. The van der Waals surface area contributed by atoms with Gasteiger partial charge in [-0.2, -0.15) is 0 Å². The van der Waals surface area contributed by atoms with Gasteiger partial charge in [0.1, 0.15) is 0 Å². The summed E-state index contributed by atoms with van der Waals surface area (Å²) in [7, 11) is -2.87. The molecule has 1 aromatic carbocycles. The van der Waals surface area contributed by atoms with E-state index in [1.807, 2.05) is 10.6 Å². The van der Waals surface area contributed by atoms with Crippen molar-refractivity contribution in [3.05, 3.63) is 29.5 Å². The Morgan fingerprint density at radius 2 is 2.24 bits per heavy atom. The lowest BCUT2D eigenvalue weighted by Gasteiger charge is -2.10. The van der Waals surface area contributed by atoms with Crippen molar-refractivity contribution in [3.8, 4) is 0 Å². The van der Waals surface area contributed by atoms with Crippen molar-refractivity contribution >= 4 is 32.5 Å². The van der Waals surface area contributed by atoms with Crippen LogP contribution in [-0.4, -0.2) is 29.5 Å². The molecular formula is C11H11ClN2O2S. The van der Waals surface area contributed by atoms with Gasteiger partial charge in [-0.25, -0.2) is 13.4 Å². The van der Waals surface area contributed by atoms with Crippen LogP contribution < -0.4 is 0 Å². The Morgan fingerprint density at radius 3 is 2.94 bits per heavy atom. The second kappa shape index (κ2) is 3.71. The lowest BCUT2D eigenvalue weighted by Crippen LogP contribution is -2.09. The average Bonchev–Trinajstić information content (AvgIpc) is 2.80. The van der Waals surface area contributed by atoms with Crippen molar-refractivity contribution < 1.29 is 8.42 Å². The second-order valence-corrected chi connectivity index (χ2v) is 7.01. The zero-order valence-electron chi connectivity index (χ0n) is 9.01. The van der Waals surface area contributed by atoms with Crippen LogP contribution in [0.15, 0.2) is 24.5 Å². The van der Waals surface area contributed by atoms with Crippen LogP contribution in [0.2, 0.25) is 5.02 Å². The summed E-state index contributed by atoms with van der Waals surface area (Å²) in [4.78, 5) is 4.26. The number of hydrogen-bond acceptors (Lipinski definition) is 3. The van der Waals surface area contributed by atoms with Crippen molar-refractivity contribution in [1.29, 1.82) is 0 Å². The van der Waals surface area contributed by atoms with Gasteiger partial charge in [0.05, 0.1) is 34.9 Å². The number of rotatable bonds is 1. The fraction of sp³-hybridized carbons (Fsp3) is 0.364. The predicted octanol–water partition coefficient (Wildman–Crippen LogP) is 2.05. The normalized spacial score (nSPS) is 23.2. The van der Waals surface area contributed by atoms with E-state index in [0.29, 0.717) is 11.4 Å². The van der Waals surface area contributed by atoms with Crippen molar-refractivity contribution in [3.63, 3.8) is 0 Å². The van der Waals surface area contributed by atoms with Gasteiger partial charge >= 0.3 is 0 Å². The van der Waals surface area contributed by atoms with Crippen LogP contribution in [0.1, 0.15) is 12.5 Å². The van der Waals surface area contributed by atoms with Crippen LogP contribution in [-0.2, 0) is 9.84 Å². The molecule has 0 amide bonds. The van der Waals surface area contributed by atoms with Gasteiger partial charge in [-0.3, -0.25) is 0 Å². The Labute approximate surface area is 104 Å². The highest BCUT2D eigenvalue weighted by atomic mass is 35.5. The molecule has 17 heavy (non-hydrogen) atoms. The van der Waals surface area contributed by atoms with Gasteiger partial charge in [-0.05, 0) is 24.6 Å². The maximum Gasteiger partial charge on any atom is 0.152 e. The molecule has 1 aromatic heterocycles. The van der Waals surface area contributed by atoms with Gasteiger partial charge in [0.25, 0.3) is 0 Å².